The Morgan fingerprint density at radius 2 is 2.11 bits per heavy atom. The molecule has 0 radical (unpaired) electrons. The van der Waals surface area contributed by atoms with Gasteiger partial charge in [0.1, 0.15) is 0 Å². The third-order valence-electron chi connectivity index (χ3n) is 4.51. The molecule has 1 unspecified atom stereocenters. The van der Waals surface area contributed by atoms with E-state index in [0.29, 0.717) is 11.1 Å². The number of pyridine rings is 1. The smallest absolute Gasteiger partial charge is 0.158 e. The number of nitriles is 1. The van der Waals surface area contributed by atoms with Gasteiger partial charge in [0, 0.05) is 29.4 Å². The number of dihydropyridines is 1. The first-order valence-corrected chi connectivity index (χ1v) is 9.71. The van der Waals surface area contributed by atoms with Crippen LogP contribution in [0.3, 0.4) is 0 Å². The molecule has 2 heterocycles. The molecule has 27 heavy (non-hydrogen) atoms. The Balaban J connectivity index is 1.99. The van der Waals surface area contributed by atoms with E-state index in [4.69, 9.17) is 0 Å². The van der Waals surface area contributed by atoms with Crippen molar-refractivity contribution >= 4 is 17.5 Å². The number of allylic oxidation sites excluding steroid dienone is 3. The summed E-state index contributed by atoms with van der Waals surface area (Å²) in [4.78, 5) is 16.5. The van der Waals surface area contributed by atoms with Crippen molar-refractivity contribution in [2.24, 2.45) is 0 Å². The molecule has 1 atom stereocenters. The fourth-order valence-corrected chi connectivity index (χ4v) is 4.37. The fourth-order valence-electron chi connectivity index (χ4n) is 3.33. The molecule has 0 saturated carbocycles. The van der Waals surface area contributed by atoms with E-state index in [-0.39, 0.29) is 11.7 Å². The number of Topliss-reactive ketones (excluding diaryl/α,β-unsaturated/α-hetero) is 1. The van der Waals surface area contributed by atoms with Gasteiger partial charge in [-0.1, -0.05) is 35.9 Å². The van der Waals surface area contributed by atoms with Gasteiger partial charge >= 0.3 is 0 Å². The number of nitrogens with one attached hydrogen (secondary N) is 1. The van der Waals surface area contributed by atoms with E-state index in [1.165, 1.54) is 11.1 Å². The summed E-state index contributed by atoms with van der Waals surface area (Å²) in [5, 5.41) is 14.0. The molecule has 2 aromatic rings. The summed E-state index contributed by atoms with van der Waals surface area (Å²) in [5.41, 5.74) is 5.25. The molecule has 3 rings (SSSR count). The lowest BCUT2D eigenvalue weighted by Gasteiger charge is -2.29. The minimum atomic E-state index is -0.387. The summed E-state index contributed by atoms with van der Waals surface area (Å²) in [6, 6.07) is 14.4. The first kappa shape index (κ1) is 18.9. The van der Waals surface area contributed by atoms with E-state index in [0.717, 1.165) is 22.0 Å². The zero-order valence-electron chi connectivity index (χ0n) is 15.6. The van der Waals surface area contributed by atoms with Gasteiger partial charge in [-0.3, -0.25) is 9.78 Å². The van der Waals surface area contributed by atoms with Crippen molar-refractivity contribution < 1.29 is 4.79 Å². The van der Waals surface area contributed by atoms with Crippen molar-refractivity contribution in [2.45, 2.75) is 32.4 Å². The third-order valence-corrected chi connectivity index (χ3v) is 5.60. The molecule has 0 fully saturated rings. The molecule has 1 N–H and O–H groups in total. The number of carbonyl (C=O) groups is 1. The second-order valence-electron chi connectivity index (χ2n) is 6.57. The Labute approximate surface area is 164 Å². The van der Waals surface area contributed by atoms with Crippen LogP contribution in [0.15, 0.2) is 70.7 Å². The third kappa shape index (κ3) is 4.12. The molecule has 5 heteroatoms. The van der Waals surface area contributed by atoms with Gasteiger partial charge in [-0.25, -0.2) is 0 Å². The van der Waals surface area contributed by atoms with E-state index in [1.807, 2.05) is 25.1 Å². The molecule has 0 aliphatic carbocycles. The minimum absolute atomic E-state index is 0.0377. The highest BCUT2D eigenvalue weighted by Crippen LogP contribution is 2.41. The van der Waals surface area contributed by atoms with Gasteiger partial charge in [0.2, 0.25) is 0 Å². The van der Waals surface area contributed by atoms with Crippen LogP contribution < -0.4 is 5.32 Å². The van der Waals surface area contributed by atoms with Crippen LogP contribution in [0.1, 0.15) is 36.5 Å². The first-order chi connectivity index (χ1) is 13.0. The van der Waals surface area contributed by atoms with Gasteiger partial charge < -0.3 is 5.32 Å². The Morgan fingerprint density at radius 3 is 2.74 bits per heavy atom. The quantitative estimate of drug-likeness (QED) is 0.827. The number of benzene rings is 1. The lowest BCUT2D eigenvalue weighted by atomic mass is 9.81. The van der Waals surface area contributed by atoms with Gasteiger partial charge in [-0.15, -0.1) is 11.8 Å². The minimum Gasteiger partial charge on any atom is -0.353 e. The predicted octanol–water partition coefficient (Wildman–Crippen LogP) is 4.61. The zero-order chi connectivity index (χ0) is 19.4. The molecule has 136 valence electrons. The van der Waals surface area contributed by atoms with E-state index in [1.54, 1.807) is 31.1 Å². The molecule has 1 aromatic carbocycles. The van der Waals surface area contributed by atoms with Crippen molar-refractivity contribution in [2.75, 3.05) is 0 Å². The topological polar surface area (TPSA) is 65.8 Å². The Morgan fingerprint density at radius 1 is 1.30 bits per heavy atom. The Hall–Kier alpha value is -2.84. The normalized spacial score (nSPS) is 16.7. The molecule has 0 saturated heterocycles. The second kappa shape index (κ2) is 8.24. The molecular weight excluding hydrogens is 354 g/mol. The van der Waals surface area contributed by atoms with Crippen molar-refractivity contribution in [3.05, 3.63) is 87.4 Å². The SMILES string of the molecule is CC(=O)C1=C(C)NC(SCc2cccc(C)c2)=C(C#N)C1c1cccnc1. The summed E-state index contributed by atoms with van der Waals surface area (Å²) in [6.45, 7) is 5.50. The highest BCUT2D eigenvalue weighted by Gasteiger charge is 2.33. The number of carbonyl (C=O) groups excluding carboxylic acids is 1. The maximum Gasteiger partial charge on any atom is 0.158 e. The van der Waals surface area contributed by atoms with Crippen LogP contribution in [-0.2, 0) is 10.5 Å². The molecule has 0 amide bonds. The Bertz CT molecular complexity index is 971. The van der Waals surface area contributed by atoms with Crippen molar-refractivity contribution in [3.8, 4) is 6.07 Å². The van der Waals surface area contributed by atoms with Gasteiger partial charge in [0.25, 0.3) is 0 Å². The number of hydrogen-bond donors (Lipinski definition) is 1. The largest absolute Gasteiger partial charge is 0.353 e. The van der Waals surface area contributed by atoms with E-state index in [2.05, 4.69) is 41.5 Å². The summed E-state index contributed by atoms with van der Waals surface area (Å²) in [7, 11) is 0. The maximum absolute atomic E-state index is 12.3. The van der Waals surface area contributed by atoms with Crippen molar-refractivity contribution in [1.29, 1.82) is 5.26 Å². The molecule has 0 bridgehead atoms. The lowest BCUT2D eigenvalue weighted by Crippen LogP contribution is -2.27. The maximum atomic E-state index is 12.3. The number of aromatic nitrogens is 1. The highest BCUT2D eigenvalue weighted by atomic mass is 32.2. The molecule has 0 spiro atoms. The van der Waals surface area contributed by atoms with E-state index >= 15 is 0 Å². The number of rotatable bonds is 5. The standard InChI is InChI=1S/C22H21N3OS/c1-14-6-4-7-17(10-14)13-27-22-19(11-23)21(18-8-5-9-24-12-18)20(16(3)26)15(2)25-22/h4-10,12,21,25H,13H2,1-3H3. The predicted molar refractivity (Wildman–Crippen MR) is 109 cm³/mol. The number of thioether (sulfide) groups is 1. The highest BCUT2D eigenvalue weighted by molar-refractivity contribution is 8.02. The van der Waals surface area contributed by atoms with Gasteiger partial charge in [0.05, 0.1) is 22.6 Å². The molecule has 1 aromatic heterocycles. The summed E-state index contributed by atoms with van der Waals surface area (Å²) >= 11 is 1.59. The monoisotopic (exact) mass is 375 g/mol. The van der Waals surface area contributed by atoms with E-state index < -0.39 is 0 Å². The van der Waals surface area contributed by atoms with Crippen LogP contribution in [0.5, 0.6) is 0 Å². The molecule has 1 aliphatic heterocycles. The second-order valence-corrected chi connectivity index (χ2v) is 7.56. The summed E-state index contributed by atoms with van der Waals surface area (Å²) in [6.07, 6.45) is 3.42. The van der Waals surface area contributed by atoms with Crippen LogP contribution in [-0.4, -0.2) is 10.8 Å². The molecular formula is C22H21N3OS. The first-order valence-electron chi connectivity index (χ1n) is 8.72. The van der Waals surface area contributed by atoms with Crippen LogP contribution in [0.4, 0.5) is 0 Å². The number of nitrogens with zero attached hydrogens (tertiary/aromatic N) is 2. The number of hydrogen-bond acceptors (Lipinski definition) is 5. The summed E-state index contributed by atoms with van der Waals surface area (Å²) < 4.78 is 0. The number of aryl methyl sites for hydroxylation is 1. The van der Waals surface area contributed by atoms with Gasteiger partial charge in [-0.05, 0) is 38.0 Å². The average Bonchev–Trinajstić information content (AvgIpc) is 2.66. The Kier molecular flexibility index (Phi) is 5.78. The van der Waals surface area contributed by atoms with E-state index in [9.17, 15) is 10.1 Å². The average molecular weight is 375 g/mol. The molecule has 1 aliphatic rings. The van der Waals surface area contributed by atoms with Crippen molar-refractivity contribution in [1.82, 2.24) is 10.3 Å². The van der Waals surface area contributed by atoms with Crippen LogP contribution in [0.25, 0.3) is 0 Å². The lowest BCUT2D eigenvalue weighted by molar-refractivity contribution is -0.113. The zero-order valence-corrected chi connectivity index (χ0v) is 16.4. The fraction of sp³-hybridized carbons (Fsp3) is 0.227. The summed E-state index contributed by atoms with van der Waals surface area (Å²) in [5.74, 6) is 0.323. The van der Waals surface area contributed by atoms with Crippen LogP contribution in [0, 0.1) is 18.3 Å². The van der Waals surface area contributed by atoms with Crippen molar-refractivity contribution in [3.63, 3.8) is 0 Å². The van der Waals surface area contributed by atoms with Gasteiger partial charge in [-0.2, -0.15) is 5.26 Å². The molecule has 4 nitrogen and oxygen atoms in total. The van der Waals surface area contributed by atoms with Crippen LogP contribution in [0.2, 0.25) is 0 Å². The number of ketones is 1. The van der Waals surface area contributed by atoms with Crippen LogP contribution >= 0.6 is 11.8 Å². The van der Waals surface area contributed by atoms with Gasteiger partial charge in [0.15, 0.2) is 5.78 Å².